The van der Waals surface area contributed by atoms with Crippen molar-refractivity contribution in [3.63, 3.8) is 0 Å². The average Bonchev–Trinajstić information content (AvgIpc) is 2.63. The van der Waals surface area contributed by atoms with Crippen molar-refractivity contribution < 1.29 is 0 Å². The van der Waals surface area contributed by atoms with Crippen LogP contribution in [0.5, 0.6) is 0 Å². The second-order valence-corrected chi connectivity index (χ2v) is 7.61. The number of hydrogen-bond donors (Lipinski definition) is 0. The van der Waals surface area contributed by atoms with Gasteiger partial charge >= 0.3 is 0 Å². The predicted octanol–water partition coefficient (Wildman–Crippen LogP) is 3.68. The number of hydrogen-bond acceptors (Lipinski definition) is 3. The third-order valence-corrected chi connectivity index (χ3v) is 6.55. The van der Waals surface area contributed by atoms with E-state index in [2.05, 4.69) is 31.9 Å². The average molecular weight is 346 g/mol. The third kappa shape index (κ3) is 1.48. The summed E-state index contributed by atoms with van der Waals surface area (Å²) in [7, 11) is 0. The zero-order valence-corrected chi connectivity index (χ0v) is 12.1. The van der Waals surface area contributed by atoms with E-state index >= 15 is 0 Å². The second kappa shape index (κ2) is 3.64. The van der Waals surface area contributed by atoms with Crippen LogP contribution in [0.2, 0.25) is 0 Å². The van der Waals surface area contributed by atoms with Gasteiger partial charge in [0.25, 0.3) is 0 Å². The molecule has 1 aromatic heterocycles. The first kappa shape index (κ1) is 10.2. The molecule has 0 spiro atoms. The molecule has 0 unspecified atom stereocenters. The van der Waals surface area contributed by atoms with Crippen LogP contribution < -0.4 is 0 Å². The molecular formula is C12H15IN2S. The SMILES string of the molecule is Ic1nsc(C2C3CC4CC(C3)CC2C4)n1. The fraction of sp³-hybridized carbons (Fsp3) is 0.833. The van der Waals surface area contributed by atoms with Gasteiger partial charge in [0.15, 0.2) is 0 Å². The Balaban J connectivity index is 1.69. The van der Waals surface area contributed by atoms with Crippen molar-refractivity contribution >= 4 is 34.1 Å². The quantitative estimate of drug-likeness (QED) is 0.725. The number of rotatable bonds is 1. The standard InChI is InChI=1S/C12H15IN2S/c13-12-14-11(16-15-12)10-8-2-6-1-7(4-8)5-9(10)3-6/h6-10H,1-5H2. The number of nitrogens with zero attached hydrogens (tertiary/aromatic N) is 2. The Labute approximate surface area is 114 Å². The Kier molecular flexibility index (Phi) is 2.33. The molecule has 0 saturated heterocycles. The van der Waals surface area contributed by atoms with Gasteiger partial charge in [0.05, 0.1) is 0 Å². The summed E-state index contributed by atoms with van der Waals surface area (Å²) in [6.07, 6.45) is 7.46. The molecule has 16 heavy (non-hydrogen) atoms. The highest BCUT2D eigenvalue weighted by atomic mass is 127. The Morgan fingerprint density at radius 2 is 1.62 bits per heavy atom. The van der Waals surface area contributed by atoms with Gasteiger partial charge in [-0.3, -0.25) is 0 Å². The molecule has 1 heterocycles. The van der Waals surface area contributed by atoms with E-state index in [1.165, 1.54) is 37.1 Å². The summed E-state index contributed by atoms with van der Waals surface area (Å²) in [5, 5.41) is 1.35. The summed E-state index contributed by atoms with van der Waals surface area (Å²) in [4.78, 5) is 4.65. The Bertz CT molecular complexity index is 389. The molecule has 5 rings (SSSR count). The Morgan fingerprint density at radius 3 is 2.12 bits per heavy atom. The summed E-state index contributed by atoms with van der Waals surface area (Å²) in [6.45, 7) is 0. The molecule has 86 valence electrons. The molecule has 4 saturated carbocycles. The maximum atomic E-state index is 4.65. The van der Waals surface area contributed by atoms with Gasteiger partial charge in [-0.15, -0.1) is 0 Å². The van der Waals surface area contributed by atoms with Crippen molar-refractivity contribution in [2.24, 2.45) is 23.7 Å². The fourth-order valence-electron chi connectivity index (χ4n) is 4.68. The van der Waals surface area contributed by atoms with Crippen molar-refractivity contribution in [3.05, 3.63) is 8.84 Å². The van der Waals surface area contributed by atoms with Crippen molar-refractivity contribution in [1.29, 1.82) is 0 Å². The molecule has 4 fully saturated rings. The highest BCUT2D eigenvalue weighted by molar-refractivity contribution is 14.1. The van der Waals surface area contributed by atoms with Gasteiger partial charge in [-0.1, -0.05) is 0 Å². The molecule has 0 radical (unpaired) electrons. The van der Waals surface area contributed by atoms with Crippen molar-refractivity contribution in [3.8, 4) is 0 Å². The summed E-state index contributed by atoms with van der Waals surface area (Å²) in [6, 6.07) is 0. The van der Waals surface area contributed by atoms with E-state index in [0.29, 0.717) is 0 Å². The minimum absolute atomic E-state index is 0.772. The summed E-state index contributed by atoms with van der Waals surface area (Å²) < 4.78 is 5.32. The van der Waals surface area contributed by atoms with E-state index in [9.17, 15) is 0 Å². The van der Waals surface area contributed by atoms with Crippen LogP contribution in [0.15, 0.2) is 0 Å². The molecule has 4 aliphatic rings. The van der Waals surface area contributed by atoms with Crippen LogP contribution in [0.4, 0.5) is 0 Å². The molecule has 0 aliphatic heterocycles. The van der Waals surface area contributed by atoms with Crippen LogP contribution in [-0.2, 0) is 0 Å². The van der Waals surface area contributed by atoms with Gasteiger partial charge in [-0.25, -0.2) is 4.98 Å². The van der Waals surface area contributed by atoms with Gasteiger partial charge in [0.1, 0.15) is 5.01 Å². The summed E-state index contributed by atoms with van der Waals surface area (Å²) >= 11 is 3.90. The van der Waals surface area contributed by atoms with Gasteiger partial charge < -0.3 is 0 Å². The molecule has 0 amide bonds. The molecule has 4 aliphatic carbocycles. The molecule has 2 nitrogen and oxygen atoms in total. The molecule has 4 bridgehead atoms. The van der Waals surface area contributed by atoms with Gasteiger partial charge in [-0.05, 0) is 67.3 Å². The minimum atomic E-state index is 0.772. The zero-order chi connectivity index (χ0) is 10.7. The lowest BCUT2D eigenvalue weighted by molar-refractivity contribution is -0.00287. The van der Waals surface area contributed by atoms with E-state index < -0.39 is 0 Å². The van der Waals surface area contributed by atoms with Crippen LogP contribution in [0, 0.1) is 27.5 Å². The van der Waals surface area contributed by atoms with E-state index in [1.54, 1.807) is 11.5 Å². The van der Waals surface area contributed by atoms with Gasteiger partial charge in [-0.2, -0.15) is 4.37 Å². The van der Waals surface area contributed by atoms with Gasteiger partial charge in [0.2, 0.25) is 3.83 Å². The highest BCUT2D eigenvalue weighted by Crippen LogP contribution is 2.59. The predicted molar refractivity (Wildman–Crippen MR) is 72.4 cm³/mol. The lowest BCUT2D eigenvalue weighted by Crippen LogP contribution is -2.43. The summed E-state index contributed by atoms with van der Waals surface area (Å²) in [5.41, 5.74) is 0. The first-order chi connectivity index (χ1) is 7.79. The zero-order valence-electron chi connectivity index (χ0n) is 9.10. The topological polar surface area (TPSA) is 25.8 Å². The second-order valence-electron chi connectivity index (χ2n) is 5.86. The lowest BCUT2D eigenvalue weighted by atomic mass is 9.52. The summed E-state index contributed by atoms with van der Waals surface area (Å²) in [5.74, 6) is 4.78. The molecule has 4 heteroatoms. The van der Waals surface area contributed by atoms with Crippen LogP contribution in [-0.4, -0.2) is 9.36 Å². The molecule has 0 aromatic carbocycles. The van der Waals surface area contributed by atoms with Crippen LogP contribution in [0.25, 0.3) is 0 Å². The monoisotopic (exact) mass is 346 g/mol. The molecule has 0 atom stereocenters. The minimum Gasteiger partial charge on any atom is -0.215 e. The van der Waals surface area contributed by atoms with Crippen molar-refractivity contribution in [1.82, 2.24) is 9.36 Å². The van der Waals surface area contributed by atoms with Crippen LogP contribution in [0.3, 0.4) is 0 Å². The smallest absolute Gasteiger partial charge is 0.203 e. The van der Waals surface area contributed by atoms with E-state index in [-0.39, 0.29) is 0 Å². The van der Waals surface area contributed by atoms with Crippen molar-refractivity contribution in [2.75, 3.05) is 0 Å². The van der Waals surface area contributed by atoms with Gasteiger partial charge in [0, 0.05) is 28.5 Å². The highest BCUT2D eigenvalue weighted by Gasteiger charge is 2.49. The van der Waals surface area contributed by atoms with E-state index in [4.69, 9.17) is 0 Å². The first-order valence-electron chi connectivity index (χ1n) is 6.28. The molecular weight excluding hydrogens is 331 g/mol. The van der Waals surface area contributed by atoms with Crippen molar-refractivity contribution in [2.45, 2.75) is 38.0 Å². The number of aromatic nitrogens is 2. The fourth-order valence-corrected chi connectivity index (χ4v) is 6.24. The third-order valence-electron chi connectivity index (χ3n) is 4.93. The lowest BCUT2D eigenvalue weighted by Gasteiger charge is -2.53. The molecule has 0 N–H and O–H groups in total. The number of halogens is 1. The van der Waals surface area contributed by atoms with E-state index in [1.807, 2.05) is 0 Å². The van der Waals surface area contributed by atoms with Crippen LogP contribution in [0.1, 0.15) is 43.0 Å². The normalized spacial score (nSPS) is 45.2. The molecule has 1 aromatic rings. The largest absolute Gasteiger partial charge is 0.215 e. The van der Waals surface area contributed by atoms with Crippen LogP contribution >= 0.6 is 34.1 Å². The first-order valence-corrected chi connectivity index (χ1v) is 8.14. The van der Waals surface area contributed by atoms with E-state index in [0.717, 1.165) is 33.4 Å². The Morgan fingerprint density at radius 1 is 1.00 bits per heavy atom. The maximum Gasteiger partial charge on any atom is 0.203 e. The maximum absolute atomic E-state index is 4.65. The Hall–Kier alpha value is 0.290.